The number of aromatic nitrogens is 1. The fourth-order valence-electron chi connectivity index (χ4n) is 3.69. The predicted molar refractivity (Wildman–Crippen MR) is 120 cm³/mol. The molecular formula is C22H28ClN5O3. The smallest absolute Gasteiger partial charge is 0.319 e. The Balaban J connectivity index is 1.78. The zero-order chi connectivity index (χ0) is 22.6. The number of primary amides is 1. The number of carbonyl (C=O) groups excluding carboxylic acids is 2. The number of hydrogen-bond acceptors (Lipinski definition) is 5. The Morgan fingerprint density at radius 1 is 1.23 bits per heavy atom. The SMILES string of the molecule is COc1ccc([C@@H]2CN(C(C)(C)C(N)=O)CC[C@H]2NC(=O)Nc2ccc(Cl)cc2)nc1. The molecule has 0 spiro atoms. The highest BCUT2D eigenvalue weighted by atomic mass is 35.5. The third-order valence-electron chi connectivity index (χ3n) is 5.80. The predicted octanol–water partition coefficient (Wildman–Crippen LogP) is 2.99. The summed E-state index contributed by atoms with van der Waals surface area (Å²) in [5, 5.41) is 6.49. The molecule has 1 saturated heterocycles. The van der Waals surface area contributed by atoms with E-state index in [1.165, 1.54) is 0 Å². The van der Waals surface area contributed by atoms with Crippen LogP contribution in [-0.4, -0.2) is 53.6 Å². The van der Waals surface area contributed by atoms with Gasteiger partial charge in [-0.3, -0.25) is 14.7 Å². The Kier molecular flexibility index (Phi) is 7.02. The monoisotopic (exact) mass is 445 g/mol. The number of hydrogen-bond donors (Lipinski definition) is 3. The quantitative estimate of drug-likeness (QED) is 0.633. The van der Waals surface area contributed by atoms with E-state index in [2.05, 4.69) is 15.6 Å². The number of benzene rings is 1. The van der Waals surface area contributed by atoms with E-state index in [4.69, 9.17) is 22.1 Å². The molecule has 166 valence electrons. The number of halogens is 1. The van der Waals surface area contributed by atoms with E-state index < -0.39 is 5.54 Å². The molecule has 4 N–H and O–H groups in total. The highest BCUT2D eigenvalue weighted by Crippen LogP contribution is 2.31. The van der Waals surface area contributed by atoms with E-state index in [0.717, 1.165) is 5.69 Å². The molecule has 0 unspecified atom stereocenters. The number of nitrogens with two attached hydrogens (primary N) is 1. The second-order valence-electron chi connectivity index (χ2n) is 8.10. The Bertz CT molecular complexity index is 918. The molecule has 0 bridgehead atoms. The zero-order valence-corrected chi connectivity index (χ0v) is 18.6. The third kappa shape index (κ3) is 5.45. The van der Waals surface area contributed by atoms with Gasteiger partial charge in [-0.1, -0.05) is 11.6 Å². The lowest BCUT2D eigenvalue weighted by molar-refractivity contribution is -0.129. The number of anilines is 1. The molecule has 1 aromatic carbocycles. The summed E-state index contributed by atoms with van der Waals surface area (Å²) < 4.78 is 5.21. The largest absolute Gasteiger partial charge is 0.495 e. The van der Waals surface area contributed by atoms with Gasteiger partial charge in [0.15, 0.2) is 0 Å². The molecular weight excluding hydrogens is 418 g/mol. The topological polar surface area (TPSA) is 110 Å². The summed E-state index contributed by atoms with van der Waals surface area (Å²) in [6, 6.07) is 10.1. The number of pyridine rings is 1. The Morgan fingerprint density at radius 3 is 2.52 bits per heavy atom. The number of amides is 3. The fraction of sp³-hybridized carbons (Fsp3) is 0.409. The molecule has 3 rings (SSSR count). The molecule has 3 amide bonds. The maximum atomic E-state index is 12.6. The summed E-state index contributed by atoms with van der Waals surface area (Å²) in [6.45, 7) is 4.78. The van der Waals surface area contributed by atoms with E-state index in [0.29, 0.717) is 36.0 Å². The van der Waals surface area contributed by atoms with Crippen molar-refractivity contribution in [3.8, 4) is 5.75 Å². The van der Waals surface area contributed by atoms with E-state index in [-0.39, 0.29) is 23.9 Å². The number of urea groups is 1. The van der Waals surface area contributed by atoms with Crippen LogP contribution in [0.5, 0.6) is 5.75 Å². The van der Waals surface area contributed by atoms with Gasteiger partial charge in [-0.25, -0.2) is 4.79 Å². The zero-order valence-electron chi connectivity index (χ0n) is 17.9. The van der Waals surface area contributed by atoms with Crippen LogP contribution in [0.1, 0.15) is 31.9 Å². The van der Waals surface area contributed by atoms with Gasteiger partial charge in [0.1, 0.15) is 5.75 Å². The Labute approximate surface area is 187 Å². The number of carbonyl (C=O) groups is 2. The van der Waals surface area contributed by atoms with Crippen molar-refractivity contribution < 1.29 is 14.3 Å². The van der Waals surface area contributed by atoms with Gasteiger partial charge in [-0.2, -0.15) is 0 Å². The van der Waals surface area contributed by atoms with Crippen LogP contribution in [0.2, 0.25) is 5.02 Å². The average Bonchev–Trinajstić information content (AvgIpc) is 2.75. The maximum Gasteiger partial charge on any atom is 0.319 e. The second-order valence-corrected chi connectivity index (χ2v) is 8.54. The molecule has 0 aliphatic carbocycles. The molecule has 0 saturated carbocycles. The summed E-state index contributed by atoms with van der Waals surface area (Å²) in [5.41, 5.74) is 6.28. The molecule has 2 heterocycles. The van der Waals surface area contributed by atoms with Crippen molar-refractivity contribution in [2.75, 3.05) is 25.5 Å². The number of rotatable bonds is 6. The number of likely N-dealkylation sites (tertiary alicyclic amines) is 1. The number of ether oxygens (including phenoxy) is 1. The first-order valence-electron chi connectivity index (χ1n) is 10.1. The van der Waals surface area contributed by atoms with Crippen LogP contribution in [0.15, 0.2) is 42.6 Å². The molecule has 2 atom stereocenters. The van der Waals surface area contributed by atoms with Gasteiger partial charge in [-0.15, -0.1) is 0 Å². The van der Waals surface area contributed by atoms with Crippen molar-refractivity contribution in [2.24, 2.45) is 5.73 Å². The lowest BCUT2D eigenvalue weighted by Gasteiger charge is -2.44. The minimum absolute atomic E-state index is 0.130. The average molecular weight is 446 g/mol. The van der Waals surface area contributed by atoms with Gasteiger partial charge in [0.05, 0.1) is 18.8 Å². The van der Waals surface area contributed by atoms with Gasteiger partial charge >= 0.3 is 6.03 Å². The van der Waals surface area contributed by atoms with Crippen LogP contribution in [0, 0.1) is 0 Å². The van der Waals surface area contributed by atoms with Crippen LogP contribution in [-0.2, 0) is 4.79 Å². The van der Waals surface area contributed by atoms with Gasteiger partial charge in [0, 0.05) is 41.5 Å². The summed E-state index contributed by atoms with van der Waals surface area (Å²) >= 11 is 5.90. The van der Waals surface area contributed by atoms with E-state index in [1.807, 2.05) is 30.9 Å². The Hall–Kier alpha value is -2.84. The summed E-state index contributed by atoms with van der Waals surface area (Å²) in [5.74, 6) is 0.133. The van der Waals surface area contributed by atoms with Crippen molar-refractivity contribution in [3.63, 3.8) is 0 Å². The first kappa shape index (κ1) is 22.8. The number of methoxy groups -OCH3 is 1. The second kappa shape index (κ2) is 9.53. The molecule has 1 aliphatic rings. The van der Waals surface area contributed by atoms with Crippen LogP contribution in [0.3, 0.4) is 0 Å². The summed E-state index contributed by atoms with van der Waals surface area (Å²) in [4.78, 5) is 31.2. The van der Waals surface area contributed by atoms with E-state index in [9.17, 15) is 9.59 Å². The minimum atomic E-state index is -0.804. The lowest BCUT2D eigenvalue weighted by Crippen LogP contribution is -2.60. The van der Waals surface area contributed by atoms with Crippen LogP contribution in [0.4, 0.5) is 10.5 Å². The van der Waals surface area contributed by atoms with Gasteiger partial charge < -0.3 is 21.1 Å². The van der Waals surface area contributed by atoms with E-state index in [1.54, 1.807) is 37.6 Å². The molecule has 1 aromatic heterocycles. The van der Waals surface area contributed by atoms with Crippen LogP contribution in [0.25, 0.3) is 0 Å². The fourth-order valence-corrected chi connectivity index (χ4v) is 3.81. The van der Waals surface area contributed by atoms with Crippen molar-refractivity contribution in [3.05, 3.63) is 53.3 Å². The minimum Gasteiger partial charge on any atom is -0.495 e. The molecule has 31 heavy (non-hydrogen) atoms. The van der Waals surface area contributed by atoms with Crippen LogP contribution >= 0.6 is 11.6 Å². The van der Waals surface area contributed by atoms with Gasteiger partial charge in [0.25, 0.3) is 0 Å². The first-order chi connectivity index (χ1) is 14.7. The maximum absolute atomic E-state index is 12.6. The molecule has 9 heteroatoms. The molecule has 2 aromatic rings. The molecule has 8 nitrogen and oxygen atoms in total. The molecule has 0 radical (unpaired) electrons. The standard InChI is InChI=1S/C22H28ClN5O3/c1-22(2,20(24)29)28-11-10-19(17(13-28)18-9-8-16(31-3)12-25-18)27-21(30)26-15-6-4-14(23)5-7-15/h4-9,12,17,19H,10-11,13H2,1-3H3,(H2,24,29)(H2,26,27,30)/t17-,19+/m0/s1. The van der Waals surface area contributed by atoms with Crippen molar-refractivity contribution in [1.29, 1.82) is 0 Å². The molecule has 1 fully saturated rings. The molecule has 1 aliphatic heterocycles. The lowest BCUT2D eigenvalue weighted by atomic mass is 9.86. The summed E-state index contributed by atoms with van der Waals surface area (Å²) in [6.07, 6.45) is 2.29. The number of piperidine rings is 1. The van der Waals surface area contributed by atoms with E-state index >= 15 is 0 Å². The summed E-state index contributed by atoms with van der Waals surface area (Å²) in [7, 11) is 1.58. The van der Waals surface area contributed by atoms with Crippen molar-refractivity contribution in [2.45, 2.75) is 37.8 Å². The van der Waals surface area contributed by atoms with Crippen LogP contribution < -0.4 is 21.1 Å². The first-order valence-corrected chi connectivity index (χ1v) is 10.5. The number of nitrogens with zero attached hydrogens (tertiary/aromatic N) is 2. The number of nitrogens with one attached hydrogen (secondary N) is 2. The van der Waals surface area contributed by atoms with Crippen molar-refractivity contribution >= 4 is 29.2 Å². The highest BCUT2D eigenvalue weighted by molar-refractivity contribution is 6.30. The normalized spacial score (nSPS) is 19.5. The highest BCUT2D eigenvalue weighted by Gasteiger charge is 2.40. The third-order valence-corrected chi connectivity index (χ3v) is 6.05. The van der Waals surface area contributed by atoms with Gasteiger partial charge in [-0.05, 0) is 56.7 Å². The van der Waals surface area contributed by atoms with Gasteiger partial charge in [0.2, 0.25) is 5.91 Å². The van der Waals surface area contributed by atoms with Crippen molar-refractivity contribution in [1.82, 2.24) is 15.2 Å². The Morgan fingerprint density at radius 2 is 1.94 bits per heavy atom.